The van der Waals surface area contributed by atoms with E-state index in [1.165, 1.54) is 46.6 Å². The number of hydrogen-bond acceptors (Lipinski definition) is 34. The largest absolute Gasteiger partial charge is 0.484 e. The molecule has 18 rings (SSSR count). The molecular weight excluding hydrogens is 1660 g/mol. The molecule has 12 aromatic heterocycles. The fraction of sp³-hybridized carbons (Fsp3) is 0.488. The lowest BCUT2D eigenvalue weighted by Gasteiger charge is -2.15. The van der Waals surface area contributed by atoms with Gasteiger partial charge in [0.2, 0.25) is 35.7 Å². The third-order valence-electron chi connectivity index (χ3n) is 16.7. The smallest absolute Gasteiger partial charge is 0.223 e. The van der Waals surface area contributed by atoms with Gasteiger partial charge >= 0.3 is 0 Å². The molecule has 0 spiro atoms. The van der Waals surface area contributed by atoms with E-state index in [0.29, 0.717) is 43.0 Å². The maximum absolute atomic E-state index is 5.66. The number of aryl methyl sites for hydroxylation is 8. The van der Waals surface area contributed by atoms with E-state index in [-0.39, 0.29) is 0 Å². The van der Waals surface area contributed by atoms with E-state index in [9.17, 15) is 0 Å². The Kier molecular flexibility index (Phi) is 42.4. The normalized spacial score (nSPS) is 11.6. The zero-order chi connectivity index (χ0) is 87.2. The Hall–Kier alpha value is -8.90. The van der Waals surface area contributed by atoms with Gasteiger partial charge in [-0.25, -0.2) is 89.7 Å². The zero-order valence-corrected chi connectivity index (χ0v) is 81.0. The number of rotatable bonds is 18. The van der Waals surface area contributed by atoms with Crippen molar-refractivity contribution in [3.05, 3.63) is 112 Å². The molecule has 646 valence electrons. The third kappa shape index (κ3) is 25.2. The van der Waals surface area contributed by atoms with Gasteiger partial charge in [-0.1, -0.05) is 125 Å². The molecule has 1 aromatic carbocycles. The minimum atomic E-state index is 0.517. The Morgan fingerprint density at radius 1 is 0.308 bits per heavy atom. The Balaban J connectivity index is 0.000000193. The Morgan fingerprint density at radius 3 is 1.24 bits per heavy atom. The van der Waals surface area contributed by atoms with Gasteiger partial charge < -0.3 is 41.4 Å². The third-order valence-corrected chi connectivity index (χ3v) is 26.3. The highest BCUT2D eigenvalue weighted by Crippen LogP contribution is 2.46. The molecule has 0 bridgehead atoms. The van der Waals surface area contributed by atoms with E-state index < -0.39 is 0 Å². The van der Waals surface area contributed by atoms with Gasteiger partial charge in [0.25, 0.3) is 0 Å². The molecule has 34 heteroatoms. The summed E-state index contributed by atoms with van der Waals surface area (Å²) in [5.74, 6) is 7.45. The van der Waals surface area contributed by atoms with Gasteiger partial charge in [-0.05, 0) is 111 Å². The van der Waals surface area contributed by atoms with Crippen LogP contribution in [0.3, 0.4) is 0 Å². The maximum atomic E-state index is 5.66. The number of nitrogens with zero attached hydrogens (tertiary/aromatic N) is 18. The number of hydrogen-bond donors (Lipinski definition) is 6. The summed E-state index contributed by atoms with van der Waals surface area (Å²) in [6.45, 7) is 55.0. The van der Waals surface area contributed by atoms with Crippen molar-refractivity contribution in [1.29, 1.82) is 0 Å². The van der Waals surface area contributed by atoms with Crippen LogP contribution >= 0.6 is 91.5 Å². The SMILES string of the molecule is CC.CC.CC.CC.CC.CC.CCNc1ncc2c(n1)-c1nc(CC)sc1CO2.CCNc1ncc2c(n1)-c1nc(CC)sc1CS2.CCNc1ncc2c(n1)-c1sc(CC)nc1CC2.CCNc1ncc2c(n1)-c1sc(CC)nc1CO2.CCNc1ncc2c(n1)-c1sc(CC)nc1CS2.CCNc1ncc2ccc3nc(CC)sc3c2n1. The summed E-state index contributed by atoms with van der Waals surface area (Å²) in [5, 5.41) is 26.9. The highest BCUT2D eigenvalue weighted by molar-refractivity contribution is 7.99. The monoisotopic (exact) mass is 1780 g/mol. The summed E-state index contributed by atoms with van der Waals surface area (Å²) in [5.41, 5.74) is 13.5. The summed E-state index contributed by atoms with van der Waals surface area (Å²) in [7, 11) is 0. The molecule has 16 heterocycles. The second kappa shape index (κ2) is 51.8. The van der Waals surface area contributed by atoms with Gasteiger partial charge in [-0.3, -0.25) is 0 Å². The van der Waals surface area contributed by atoms with Crippen molar-refractivity contribution in [2.75, 3.05) is 71.2 Å². The van der Waals surface area contributed by atoms with Gasteiger partial charge in [0.1, 0.15) is 47.4 Å². The standard InChI is InChI=1S/C13H16N4S.C13H14N4S.2C12H14N4OS.2C12H14N4S2.6C2H6/c2*1-3-10-16-9-6-5-8-7-15-13(14-4-2)17-11(8)12(9)18-10;1-3-9-15-7-6-17-8-5-14-12(13-4-2)16-10(8)11(7)18-9;1-3-9-15-11-8(18-9)6-17-7-5-14-12(13-4-2)16-10(7)11;1-3-9-15-7-6-17-8-5-14-12(13-4-2)16-10(8)11(7)18-9;1-3-9-15-11-8(18-9)6-17-7-5-14-12(13-4-2)16-10(7)11;6*1-2/h7H,3-6H2,1-2H3,(H,14,15,17);5-7H,3-4H2,1-2H3,(H,14,15,17);4*5H,3-4,6H2,1-2H3,(H,13,14,16);6*1-2H3. The van der Waals surface area contributed by atoms with Crippen molar-refractivity contribution in [3.63, 3.8) is 0 Å². The molecule has 0 atom stereocenters. The molecule has 0 amide bonds. The zero-order valence-electron chi connectivity index (χ0n) is 74.5. The van der Waals surface area contributed by atoms with Crippen LogP contribution in [0.1, 0.15) is 229 Å². The van der Waals surface area contributed by atoms with Crippen LogP contribution in [0.15, 0.2) is 59.1 Å². The van der Waals surface area contributed by atoms with Gasteiger partial charge in [-0.15, -0.1) is 91.5 Å². The summed E-state index contributed by atoms with van der Waals surface area (Å²) in [4.78, 5) is 89.4. The van der Waals surface area contributed by atoms with E-state index in [1.54, 1.807) is 104 Å². The van der Waals surface area contributed by atoms with E-state index in [4.69, 9.17) is 14.5 Å². The van der Waals surface area contributed by atoms with Crippen LogP contribution in [0.2, 0.25) is 0 Å². The average molecular weight is 1780 g/mol. The van der Waals surface area contributed by atoms with Crippen LogP contribution in [0.4, 0.5) is 35.7 Å². The van der Waals surface area contributed by atoms with Gasteiger partial charge in [-0.2, -0.15) is 0 Å². The molecule has 0 saturated carbocycles. The van der Waals surface area contributed by atoms with Crippen LogP contribution in [-0.4, -0.2) is 129 Å². The molecule has 13 aromatic rings. The number of aromatic nitrogens is 18. The predicted molar refractivity (Wildman–Crippen MR) is 513 cm³/mol. The molecule has 6 N–H and O–H groups in total. The number of benzene rings is 1. The lowest BCUT2D eigenvalue weighted by molar-refractivity contribution is 0.295. The van der Waals surface area contributed by atoms with Crippen molar-refractivity contribution >= 4 is 148 Å². The first-order valence-electron chi connectivity index (χ1n) is 42.7. The molecule has 120 heavy (non-hydrogen) atoms. The number of thioether (sulfide) groups is 2. The van der Waals surface area contributed by atoms with Crippen LogP contribution in [0.5, 0.6) is 11.5 Å². The van der Waals surface area contributed by atoms with Crippen LogP contribution in [0, 0.1) is 0 Å². The van der Waals surface area contributed by atoms with Crippen LogP contribution in [-0.2, 0) is 76.1 Å². The summed E-state index contributed by atoms with van der Waals surface area (Å²) >= 11 is 14.0. The molecule has 4 aliphatic heterocycles. The first-order chi connectivity index (χ1) is 58.9. The number of thiazole rings is 6. The lowest BCUT2D eigenvalue weighted by atomic mass is 10.00. The average Bonchev–Trinajstić information content (AvgIpc) is 1.71. The Labute approximate surface area is 742 Å². The lowest BCUT2D eigenvalue weighted by Crippen LogP contribution is -2.09. The molecule has 5 aliphatic rings. The molecule has 0 saturated heterocycles. The maximum Gasteiger partial charge on any atom is 0.223 e. The summed E-state index contributed by atoms with van der Waals surface area (Å²) in [6, 6.07) is 4.08. The van der Waals surface area contributed by atoms with Crippen molar-refractivity contribution < 1.29 is 9.47 Å². The van der Waals surface area contributed by atoms with E-state index >= 15 is 0 Å². The van der Waals surface area contributed by atoms with Crippen molar-refractivity contribution in [2.45, 2.75) is 252 Å². The topological polar surface area (TPSA) is 323 Å². The molecule has 0 fully saturated rings. The first-order valence-corrected chi connectivity index (χ1v) is 49.5. The van der Waals surface area contributed by atoms with Crippen molar-refractivity contribution in [2.24, 2.45) is 0 Å². The minimum Gasteiger partial charge on any atom is -0.484 e. The van der Waals surface area contributed by atoms with Gasteiger partial charge in [0.05, 0.1) is 110 Å². The molecule has 0 radical (unpaired) electrons. The number of anilines is 6. The van der Waals surface area contributed by atoms with Gasteiger partial charge in [0.15, 0.2) is 11.5 Å². The predicted octanol–water partition coefficient (Wildman–Crippen LogP) is 23.5. The molecular formula is C86H122N24O2S8. The van der Waals surface area contributed by atoms with Gasteiger partial charge in [0, 0.05) is 85.8 Å². The summed E-state index contributed by atoms with van der Waals surface area (Å²) < 4.78 is 12.4. The highest BCUT2D eigenvalue weighted by atomic mass is 32.2. The minimum absolute atomic E-state index is 0.517. The first kappa shape index (κ1) is 98.2. The fourth-order valence-electron chi connectivity index (χ4n) is 11.6. The van der Waals surface area contributed by atoms with E-state index in [0.717, 1.165) is 221 Å². The molecule has 0 unspecified atom stereocenters. The quantitative estimate of drug-likeness (QED) is 0.0465. The second-order valence-corrected chi connectivity index (χ2v) is 32.9. The molecule has 1 aliphatic carbocycles. The molecule has 26 nitrogen and oxygen atoms in total. The number of nitrogens with one attached hydrogen (secondary N) is 6. The van der Waals surface area contributed by atoms with E-state index in [1.807, 2.05) is 155 Å². The highest BCUT2D eigenvalue weighted by Gasteiger charge is 2.29. The van der Waals surface area contributed by atoms with Crippen LogP contribution < -0.4 is 41.4 Å². The van der Waals surface area contributed by atoms with Crippen LogP contribution in [0.25, 0.3) is 75.6 Å². The fourth-order valence-corrected chi connectivity index (χ4v) is 19.7. The number of ether oxygens (including phenoxy) is 2. The van der Waals surface area contributed by atoms with E-state index in [2.05, 4.69) is 165 Å². The Morgan fingerprint density at radius 2 is 0.700 bits per heavy atom. The Bertz CT molecular complexity index is 4670. The number of fused-ring (bicyclic) bond motifs is 18. The second-order valence-electron chi connectivity index (χ2n) is 24.2. The van der Waals surface area contributed by atoms with Crippen molar-refractivity contribution in [1.82, 2.24) is 89.7 Å². The summed E-state index contributed by atoms with van der Waals surface area (Å²) in [6.07, 6.45) is 18.9. The van der Waals surface area contributed by atoms with Crippen molar-refractivity contribution in [3.8, 4) is 66.0 Å².